The van der Waals surface area contributed by atoms with Gasteiger partial charge < -0.3 is 15.2 Å². The monoisotopic (exact) mass is 442 g/mol. The number of rotatable bonds is 5. The standard InChI is InChI=1S/C22H19FN2O5S/c23-16-5-7-17(8-6-16)29-18-9-11-19(12-10-18)31(27,28)25-14-13-15-3-1-2-4-20(15)21(25)30-22(24)26/h1-12,21H,13-14H2,(H2,24,26)/t21-/m0/s1. The predicted molar refractivity (Wildman–Crippen MR) is 110 cm³/mol. The van der Waals surface area contributed by atoms with Gasteiger partial charge in [0.25, 0.3) is 0 Å². The van der Waals surface area contributed by atoms with E-state index in [1.165, 1.54) is 48.5 Å². The maximum atomic E-state index is 13.3. The van der Waals surface area contributed by atoms with Gasteiger partial charge in [0.2, 0.25) is 10.0 Å². The van der Waals surface area contributed by atoms with Crippen LogP contribution in [0.1, 0.15) is 17.4 Å². The highest BCUT2D eigenvalue weighted by atomic mass is 32.2. The highest BCUT2D eigenvalue weighted by Gasteiger charge is 2.38. The van der Waals surface area contributed by atoms with Crippen LogP contribution in [0, 0.1) is 5.82 Å². The zero-order valence-corrected chi connectivity index (χ0v) is 17.1. The SMILES string of the molecule is NC(=O)O[C@H]1c2ccccc2CCN1S(=O)(=O)c1ccc(Oc2ccc(F)cc2)cc1. The lowest BCUT2D eigenvalue weighted by Gasteiger charge is -2.35. The van der Waals surface area contributed by atoms with Crippen molar-refractivity contribution in [2.75, 3.05) is 6.54 Å². The molecule has 1 aliphatic heterocycles. The van der Waals surface area contributed by atoms with Gasteiger partial charge in [-0.25, -0.2) is 17.6 Å². The number of hydrogen-bond acceptors (Lipinski definition) is 5. The van der Waals surface area contributed by atoms with Crippen molar-refractivity contribution >= 4 is 16.1 Å². The molecule has 160 valence electrons. The molecule has 0 unspecified atom stereocenters. The lowest BCUT2D eigenvalue weighted by molar-refractivity contribution is 0.0295. The maximum absolute atomic E-state index is 13.3. The van der Waals surface area contributed by atoms with E-state index in [0.717, 1.165) is 9.87 Å². The third-order valence-electron chi connectivity index (χ3n) is 4.89. The molecule has 4 rings (SSSR count). The molecule has 0 aliphatic carbocycles. The fourth-order valence-corrected chi connectivity index (χ4v) is 4.93. The summed E-state index contributed by atoms with van der Waals surface area (Å²) in [6.45, 7) is 0.130. The van der Waals surface area contributed by atoms with E-state index in [1.54, 1.807) is 12.1 Å². The van der Waals surface area contributed by atoms with Crippen LogP contribution in [0.2, 0.25) is 0 Å². The second-order valence-corrected chi connectivity index (χ2v) is 8.77. The summed E-state index contributed by atoms with van der Waals surface area (Å²) in [5, 5.41) is 0. The van der Waals surface area contributed by atoms with Gasteiger partial charge in [-0.05, 0) is 60.5 Å². The molecule has 2 N–H and O–H groups in total. The number of primary amides is 1. The average molecular weight is 442 g/mol. The molecule has 0 radical (unpaired) electrons. The second-order valence-electron chi connectivity index (χ2n) is 6.88. The molecule has 1 amide bonds. The van der Waals surface area contributed by atoms with Gasteiger partial charge in [-0.2, -0.15) is 4.31 Å². The van der Waals surface area contributed by atoms with Gasteiger partial charge in [-0.15, -0.1) is 0 Å². The Balaban J connectivity index is 1.61. The van der Waals surface area contributed by atoms with Crippen molar-refractivity contribution in [3.8, 4) is 11.5 Å². The number of carbonyl (C=O) groups is 1. The van der Waals surface area contributed by atoms with Crippen molar-refractivity contribution in [3.05, 3.63) is 89.7 Å². The zero-order valence-electron chi connectivity index (χ0n) is 16.3. The summed E-state index contributed by atoms with van der Waals surface area (Å²) in [5.41, 5.74) is 6.67. The van der Waals surface area contributed by atoms with Crippen molar-refractivity contribution in [3.63, 3.8) is 0 Å². The Bertz CT molecular complexity index is 1200. The number of benzene rings is 3. The van der Waals surface area contributed by atoms with Crippen molar-refractivity contribution in [1.29, 1.82) is 0 Å². The maximum Gasteiger partial charge on any atom is 0.406 e. The number of nitrogens with two attached hydrogens (primary N) is 1. The van der Waals surface area contributed by atoms with E-state index in [0.29, 0.717) is 23.5 Å². The largest absolute Gasteiger partial charge is 0.457 e. The molecular weight excluding hydrogens is 423 g/mol. The first kappa shape index (κ1) is 20.8. The van der Waals surface area contributed by atoms with Gasteiger partial charge in [0.1, 0.15) is 17.3 Å². The topological polar surface area (TPSA) is 98.9 Å². The summed E-state index contributed by atoms with van der Waals surface area (Å²) in [6.07, 6.45) is -1.74. The van der Waals surface area contributed by atoms with Crippen LogP contribution < -0.4 is 10.5 Å². The molecule has 0 spiro atoms. The molecule has 1 atom stereocenters. The summed E-state index contributed by atoms with van der Waals surface area (Å²) in [7, 11) is -4.00. The molecule has 0 saturated heterocycles. The van der Waals surface area contributed by atoms with E-state index < -0.39 is 22.3 Å². The number of nitrogens with zero attached hydrogens (tertiary/aromatic N) is 1. The molecule has 1 aliphatic rings. The molecule has 1 heterocycles. The van der Waals surface area contributed by atoms with Gasteiger partial charge in [0.05, 0.1) is 4.90 Å². The van der Waals surface area contributed by atoms with Crippen LogP contribution in [0.25, 0.3) is 0 Å². The Labute approximate surface area is 178 Å². The summed E-state index contributed by atoms with van der Waals surface area (Å²) >= 11 is 0. The predicted octanol–water partition coefficient (Wildman–Crippen LogP) is 3.96. The lowest BCUT2D eigenvalue weighted by Crippen LogP contribution is -2.42. The summed E-state index contributed by atoms with van der Waals surface area (Å²) < 4.78 is 51.5. The van der Waals surface area contributed by atoms with Crippen molar-refractivity contribution in [2.24, 2.45) is 5.73 Å². The normalized spacial score (nSPS) is 16.4. The minimum absolute atomic E-state index is 0.0106. The Morgan fingerprint density at radius 1 is 0.968 bits per heavy atom. The van der Waals surface area contributed by atoms with E-state index >= 15 is 0 Å². The van der Waals surface area contributed by atoms with Crippen LogP contribution in [0.4, 0.5) is 9.18 Å². The molecule has 0 fully saturated rings. The van der Waals surface area contributed by atoms with E-state index in [-0.39, 0.29) is 17.3 Å². The first-order valence-corrected chi connectivity index (χ1v) is 10.9. The van der Waals surface area contributed by atoms with Crippen LogP contribution in [-0.4, -0.2) is 25.4 Å². The molecule has 31 heavy (non-hydrogen) atoms. The van der Waals surface area contributed by atoms with Crippen LogP contribution in [0.15, 0.2) is 77.7 Å². The number of amides is 1. The van der Waals surface area contributed by atoms with E-state index in [2.05, 4.69) is 0 Å². The summed E-state index contributed by atoms with van der Waals surface area (Å²) in [5.74, 6) is 0.420. The van der Waals surface area contributed by atoms with E-state index in [4.69, 9.17) is 15.2 Å². The molecule has 0 aromatic heterocycles. The third-order valence-corrected chi connectivity index (χ3v) is 6.75. The number of carbonyl (C=O) groups excluding carboxylic acids is 1. The Morgan fingerprint density at radius 2 is 1.58 bits per heavy atom. The highest BCUT2D eigenvalue weighted by Crippen LogP contribution is 2.35. The zero-order chi connectivity index (χ0) is 22.0. The molecule has 0 saturated carbocycles. The minimum Gasteiger partial charge on any atom is -0.457 e. The Morgan fingerprint density at radius 3 is 2.23 bits per heavy atom. The van der Waals surface area contributed by atoms with Gasteiger partial charge in [-0.1, -0.05) is 24.3 Å². The van der Waals surface area contributed by atoms with Gasteiger partial charge in [0, 0.05) is 12.1 Å². The van der Waals surface area contributed by atoms with E-state index in [1.807, 2.05) is 12.1 Å². The Hall–Kier alpha value is -3.43. The van der Waals surface area contributed by atoms with Crippen molar-refractivity contribution in [1.82, 2.24) is 4.31 Å². The van der Waals surface area contributed by atoms with Gasteiger partial charge >= 0.3 is 6.09 Å². The number of sulfonamides is 1. The lowest BCUT2D eigenvalue weighted by atomic mass is 10.00. The molecule has 7 nitrogen and oxygen atoms in total. The fraction of sp³-hybridized carbons (Fsp3) is 0.136. The first-order chi connectivity index (χ1) is 14.8. The third kappa shape index (κ3) is 4.37. The van der Waals surface area contributed by atoms with Crippen LogP contribution in [0.5, 0.6) is 11.5 Å². The highest BCUT2D eigenvalue weighted by molar-refractivity contribution is 7.89. The molecular formula is C22H19FN2O5S. The molecule has 9 heteroatoms. The smallest absolute Gasteiger partial charge is 0.406 e. The van der Waals surface area contributed by atoms with Gasteiger partial charge in [-0.3, -0.25) is 0 Å². The van der Waals surface area contributed by atoms with Crippen molar-refractivity contribution < 1.29 is 27.1 Å². The number of fused-ring (bicyclic) bond motifs is 1. The van der Waals surface area contributed by atoms with Crippen LogP contribution in [0.3, 0.4) is 0 Å². The minimum atomic E-state index is -4.00. The Kier molecular flexibility index (Phi) is 5.62. The second kappa shape index (κ2) is 8.37. The first-order valence-electron chi connectivity index (χ1n) is 9.44. The summed E-state index contributed by atoms with van der Waals surface area (Å²) in [6, 6.07) is 18.4. The van der Waals surface area contributed by atoms with Crippen molar-refractivity contribution in [2.45, 2.75) is 17.5 Å². The average Bonchev–Trinajstić information content (AvgIpc) is 2.75. The van der Waals surface area contributed by atoms with Gasteiger partial charge in [0.15, 0.2) is 6.23 Å². The summed E-state index contributed by atoms with van der Waals surface area (Å²) in [4.78, 5) is 11.5. The van der Waals surface area contributed by atoms with E-state index in [9.17, 15) is 17.6 Å². The number of ether oxygens (including phenoxy) is 2. The van der Waals surface area contributed by atoms with Crippen LogP contribution >= 0.6 is 0 Å². The fourth-order valence-electron chi connectivity index (χ4n) is 3.44. The number of halogens is 1. The van der Waals surface area contributed by atoms with Crippen LogP contribution in [-0.2, 0) is 21.2 Å². The number of hydrogen-bond donors (Lipinski definition) is 1. The quantitative estimate of drug-likeness (QED) is 0.645. The molecule has 3 aromatic carbocycles. The molecule has 3 aromatic rings. The molecule has 0 bridgehead atoms.